The average molecular weight is 609 g/mol. The van der Waals surface area contributed by atoms with Crippen molar-refractivity contribution in [3.05, 3.63) is 149 Å². The van der Waals surface area contributed by atoms with Crippen molar-refractivity contribution in [2.24, 2.45) is 0 Å². The van der Waals surface area contributed by atoms with E-state index in [4.69, 9.17) is 4.74 Å². The van der Waals surface area contributed by atoms with Crippen molar-refractivity contribution >= 4 is 40.3 Å². The molecule has 1 saturated heterocycles. The van der Waals surface area contributed by atoms with Gasteiger partial charge in [-0.3, -0.25) is 18.7 Å². The first kappa shape index (κ1) is 28.6. The zero-order valence-corrected chi connectivity index (χ0v) is 24.6. The lowest BCUT2D eigenvalue weighted by molar-refractivity contribution is -0.154. The summed E-state index contributed by atoms with van der Waals surface area (Å²) in [6, 6.07) is 36.4. The van der Waals surface area contributed by atoms with Gasteiger partial charge in [0.2, 0.25) is 5.91 Å². The zero-order chi connectivity index (χ0) is 29.8. The van der Waals surface area contributed by atoms with Gasteiger partial charge in [0.05, 0.1) is 23.0 Å². The molecule has 2 heterocycles. The highest BCUT2D eigenvalue weighted by Crippen LogP contribution is 2.42. The van der Waals surface area contributed by atoms with Crippen molar-refractivity contribution in [2.75, 3.05) is 5.75 Å². The van der Waals surface area contributed by atoms with Gasteiger partial charge in [0.25, 0.3) is 5.91 Å². The molecule has 0 bridgehead atoms. The maximum Gasteiger partial charge on any atom is 0.356 e. The van der Waals surface area contributed by atoms with Gasteiger partial charge in [-0.2, -0.15) is 0 Å². The SMILES string of the molecule is O=C(Cc1ccccc1)N[C@@H]1C(=O)N2C(C(=O)OC(c3ccccc3)c3ccccc3)=C(Sc3ccccc3)CS(=O)[C@H]12. The van der Waals surface area contributed by atoms with Crippen LogP contribution in [0.1, 0.15) is 22.8 Å². The van der Waals surface area contributed by atoms with E-state index in [0.717, 1.165) is 21.6 Å². The molecule has 2 amide bonds. The van der Waals surface area contributed by atoms with Crippen LogP contribution < -0.4 is 5.32 Å². The fourth-order valence-corrected chi connectivity index (χ4v) is 8.13. The molecule has 1 fully saturated rings. The Morgan fingerprint density at radius 1 is 0.837 bits per heavy atom. The van der Waals surface area contributed by atoms with Crippen molar-refractivity contribution in [3.63, 3.8) is 0 Å². The third-order valence-electron chi connectivity index (χ3n) is 7.22. The number of β-lactam (4-membered cyclic amide) rings is 1. The summed E-state index contributed by atoms with van der Waals surface area (Å²) in [5, 5.41) is 1.88. The number of ether oxygens (including phenoxy) is 1. The molecule has 43 heavy (non-hydrogen) atoms. The molecule has 0 aromatic heterocycles. The minimum absolute atomic E-state index is 0.0465. The number of benzene rings is 4. The Balaban J connectivity index is 1.31. The number of esters is 1. The summed E-state index contributed by atoms with van der Waals surface area (Å²) >= 11 is 1.29. The molecule has 0 spiro atoms. The van der Waals surface area contributed by atoms with Gasteiger partial charge in [0.1, 0.15) is 17.1 Å². The van der Waals surface area contributed by atoms with E-state index in [1.807, 2.05) is 121 Å². The van der Waals surface area contributed by atoms with E-state index in [1.165, 1.54) is 16.7 Å². The van der Waals surface area contributed by atoms with Crippen molar-refractivity contribution < 1.29 is 23.3 Å². The Labute approximate surface area is 256 Å². The maximum atomic E-state index is 14.1. The monoisotopic (exact) mass is 608 g/mol. The van der Waals surface area contributed by atoms with E-state index in [0.29, 0.717) is 4.91 Å². The number of rotatable bonds is 9. The van der Waals surface area contributed by atoms with E-state index in [9.17, 15) is 18.6 Å². The third kappa shape index (κ3) is 6.18. The van der Waals surface area contributed by atoms with Crippen LogP contribution in [-0.2, 0) is 36.3 Å². The molecule has 6 rings (SSSR count). The second-order valence-electron chi connectivity index (χ2n) is 10.1. The molecule has 1 N–H and O–H groups in total. The number of hydrogen-bond acceptors (Lipinski definition) is 6. The Bertz CT molecular complexity index is 1640. The Kier molecular flexibility index (Phi) is 8.53. The highest BCUT2D eigenvalue weighted by atomic mass is 32.2. The summed E-state index contributed by atoms with van der Waals surface area (Å²) in [7, 11) is -1.56. The molecule has 2 aliphatic rings. The van der Waals surface area contributed by atoms with E-state index < -0.39 is 40.2 Å². The second-order valence-corrected chi connectivity index (χ2v) is 12.8. The van der Waals surface area contributed by atoms with Crippen LogP contribution in [0.15, 0.2) is 137 Å². The molecule has 0 saturated carbocycles. The van der Waals surface area contributed by atoms with Gasteiger partial charge in [-0.25, -0.2) is 4.79 Å². The lowest BCUT2D eigenvalue weighted by Crippen LogP contribution is -2.73. The van der Waals surface area contributed by atoms with Crippen LogP contribution >= 0.6 is 11.8 Å². The van der Waals surface area contributed by atoms with Crippen molar-refractivity contribution in [2.45, 2.75) is 28.8 Å². The first-order valence-corrected chi connectivity index (χ1v) is 16.0. The molecule has 9 heteroatoms. The summed E-state index contributed by atoms with van der Waals surface area (Å²) in [6.07, 6.45) is -0.645. The van der Waals surface area contributed by atoms with Gasteiger partial charge in [-0.15, -0.1) is 0 Å². The highest BCUT2D eigenvalue weighted by Gasteiger charge is 2.57. The van der Waals surface area contributed by atoms with Gasteiger partial charge in [-0.05, 0) is 28.8 Å². The first-order chi connectivity index (χ1) is 21.0. The molecule has 4 aromatic carbocycles. The predicted octanol–water partition coefficient (Wildman–Crippen LogP) is 4.98. The molecule has 0 radical (unpaired) electrons. The fourth-order valence-electron chi connectivity index (χ4n) is 5.19. The highest BCUT2D eigenvalue weighted by molar-refractivity contribution is 8.04. The quantitative estimate of drug-likeness (QED) is 0.213. The molecule has 7 nitrogen and oxygen atoms in total. The molecule has 4 aromatic rings. The first-order valence-electron chi connectivity index (χ1n) is 13.8. The van der Waals surface area contributed by atoms with Crippen LogP contribution in [0.4, 0.5) is 0 Å². The van der Waals surface area contributed by atoms with Crippen molar-refractivity contribution in [1.29, 1.82) is 0 Å². The van der Waals surface area contributed by atoms with E-state index in [1.54, 1.807) is 0 Å². The van der Waals surface area contributed by atoms with Crippen molar-refractivity contribution in [1.82, 2.24) is 10.2 Å². The van der Waals surface area contributed by atoms with Gasteiger partial charge >= 0.3 is 5.97 Å². The number of nitrogens with one attached hydrogen (secondary N) is 1. The van der Waals surface area contributed by atoms with E-state index in [-0.39, 0.29) is 23.8 Å². The normalized spacial score (nSPS) is 19.4. The molecular formula is C34H28N2O5S2. The van der Waals surface area contributed by atoms with Crippen LogP contribution in [0.2, 0.25) is 0 Å². The lowest BCUT2D eigenvalue weighted by atomic mass is 10.0. The minimum Gasteiger partial charge on any atom is -0.448 e. The number of hydrogen-bond donors (Lipinski definition) is 1. The van der Waals surface area contributed by atoms with E-state index in [2.05, 4.69) is 5.32 Å². The van der Waals surface area contributed by atoms with Crippen LogP contribution in [0.5, 0.6) is 0 Å². The van der Waals surface area contributed by atoms with E-state index >= 15 is 0 Å². The summed E-state index contributed by atoms with van der Waals surface area (Å²) in [4.78, 5) is 43.1. The molecule has 0 aliphatic carbocycles. The summed E-state index contributed by atoms with van der Waals surface area (Å²) < 4.78 is 19.7. The molecule has 1 unspecified atom stereocenters. The van der Waals surface area contributed by atoms with Crippen LogP contribution in [-0.4, -0.2) is 44.1 Å². The summed E-state index contributed by atoms with van der Waals surface area (Å²) in [5.74, 6) is -1.49. The molecule has 3 atom stereocenters. The van der Waals surface area contributed by atoms with Crippen LogP contribution in [0.25, 0.3) is 0 Å². The Morgan fingerprint density at radius 3 is 1.95 bits per heavy atom. The van der Waals surface area contributed by atoms with Crippen LogP contribution in [0, 0.1) is 0 Å². The minimum atomic E-state index is -1.56. The smallest absolute Gasteiger partial charge is 0.356 e. The number of carbonyl (C=O) groups excluding carboxylic acids is 3. The topological polar surface area (TPSA) is 92.8 Å². The van der Waals surface area contributed by atoms with Crippen molar-refractivity contribution in [3.8, 4) is 0 Å². The Morgan fingerprint density at radius 2 is 1.37 bits per heavy atom. The average Bonchev–Trinajstić information content (AvgIpc) is 3.04. The molecular weight excluding hydrogens is 581 g/mol. The predicted molar refractivity (Wildman–Crippen MR) is 166 cm³/mol. The maximum absolute atomic E-state index is 14.1. The largest absolute Gasteiger partial charge is 0.448 e. The number of fused-ring (bicyclic) bond motifs is 1. The van der Waals surface area contributed by atoms with Gasteiger partial charge in [-0.1, -0.05) is 121 Å². The summed E-state index contributed by atoms with van der Waals surface area (Å²) in [5.41, 5.74) is 2.41. The molecule has 2 aliphatic heterocycles. The number of nitrogens with zero attached hydrogens (tertiary/aromatic N) is 1. The fraction of sp³-hybridized carbons (Fsp3) is 0.147. The number of carbonyl (C=O) groups is 3. The summed E-state index contributed by atoms with van der Waals surface area (Å²) in [6.45, 7) is 0. The van der Waals surface area contributed by atoms with Gasteiger partial charge in [0.15, 0.2) is 6.10 Å². The second kappa shape index (κ2) is 12.8. The number of thioether (sulfide) groups is 1. The lowest BCUT2D eigenvalue weighted by Gasteiger charge is -2.49. The van der Waals surface area contributed by atoms with Gasteiger partial charge < -0.3 is 10.1 Å². The molecule has 216 valence electrons. The van der Waals surface area contributed by atoms with Crippen LogP contribution in [0.3, 0.4) is 0 Å². The Hall–Kier alpha value is -4.47. The zero-order valence-electron chi connectivity index (χ0n) is 23.0. The van der Waals surface area contributed by atoms with Gasteiger partial charge in [0, 0.05) is 9.80 Å². The third-order valence-corrected chi connectivity index (χ3v) is 10.1. The standard InChI is InChI=1S/C34H28N2O5S2/c37-28(21-23-13-5-1-6-14-23)35-29-32(38)36-30(27(22-43(40)33(29)36)42-26-19-11-4-12-20-26)34(39)41-31(24-15-7-2-8-16-24)25-17-9-3-10-18-25/h1-20,29,31,33H,21-22H2,(H,35,37)/t29-,33-,43?/m1/s1. The number of amides is 2.